The molecule has 11 aromatic carbocycles. The Kier molecular flexibility index (Phi) is 9.35. The zero-order valence-electron chi connectivity index (χ0n) is 36.2. The molecule has 0 saturated carbocycles. The Balaban J connectivity index is 1.03. The molecule has 0 fully saturated rings. The Morgan fingerprint density at radius 2 is 0.877 bits per heavy atom. The van der Waals surface area contributed by atoms with Gasteiger partial charge in [-0.15, -0.1) is 0 Å². The Labute approximate surface area is 381 Å². The molecule has 1 heteroatoms. The van der Waals surface area contributed by atoms with Crippen LogP contribution in [0.5, 0.6) is 0 Å². The van der Waals surface area contributed by atoms with Crippen LogP contribution in [0.4, 0.5) is 17.1 Å². The Hall–Kier alpha value is -8.26. The third kappa shape index (κ3) is 6.31. The minimum atomic E-state index is -0.457. The number of aryl methyl sites for hydroxylation is 1. The molecule has 0 radical (unpaired) electrons. The summed E-state index contributed by atoms with van der Waals surface area (Å²) in [5.74, 6) is 0. The van der Waals surface area contributed by atoms with E-state index in [4.69, 9.17) is 0 Å². The maximum atomic E-state index is 2.45. The molecule has 0 spiro atoms. The van der Waals surface area contributed by atoms with Gasteiger partial charge in [-0.25, -0.2) is 0 Å². The SMILES string of the molecule is Cc1cccc2ccc(N(c3ccc(-c4ccc5c(c4)C(c4ccccc4)(c4ccccc4)c4ccccc4-5)cc3)c3ccccc3-c3cccc4cccc(-c5ccccc5)c34)cc12. The second-order valence-corrected chi connectivity index (χ2v) is 17.2. The molecule has 65 heavy (non-hydrogen) atoms. The summed E-state index contributed by atoms with van der Waals surface area (Å²) in [5.41, 5.74) is 19.1. The van der Waals surface area contributed by atoms with Gasteiger partial charge in [-0.3, -0.25) is 0 Å². The highest BCUT2D eigenvalue weighted by Crippen LogP contribution is 2.57. The molecule has 11 aromatic rings. The van der Waals surface area contributed by atoms with Gasteiger partial charge in [0, 0.05) is 16.9 Å². The molecule has 306 valence electrons. The number of benzene rings is 11. The molecular formula is C64H45N. The molecule has 0 heterocycles. The summed E-state index contributed by atoms with van der Waals surface area (Å²) >= 11 is 0. The Morgan fingerprint density at radius 3 is 1.62 bits per heavy atom. The van der Waals surface area contributed by atoms with Crippen molar-refractivity contribution in [3.05, 3.63) is 283 Å². The zero-order chi connectivity index (χ0) is 43.3. The highest BCUT2D eigenvalue weighted by molar-refractivity contribution is 6.09. The second kappa shape index (κ2) is 15.8. The lowest BCUT2D eigenvalue weighted by atomic mass is 9.67. The molecular weight excluding hydrogens is 783 g/mol. The van der Waals surface area contributed by atoms with E-state index in [9.17, 15) is 0 Å². The Morgan fingerprint density at radius 1 is 0.323 bits per heavy atom. The largest absolute Gasteiger partial charge is 0.310 e. The average Bonchev–Trinajstić information content (AvgIpc) is 3.68. The van der Waals surface area contributed by atoms with Crippen LogP contribution < -0.4 is 4.90 Å². The summed E-state index contributed by atoms with van der Waals surface area (Å²) < 4.78 is 0. The number of nitrogens with zero attached hydrogens (tertiary/aromatic N) is 1. The summed E-state index contributed by atoms with van der Waals surface area (Å²) in [7, 11) is 0. The van der Waals surface area contributed by atoms with Crippen molar-refractivity contribution in [2.75, 3.05) is 4.90 Å². The number of hydrogen-bond donors (Lipinski definition) is 0. The lowest BCUT2D eigenvalue weighted by Crippen LogP contribution is -2.28. The fourth-order valence-electron chi connectivity index (χ4n) is 10.7. The minimum Gasteiger partial charge on any atom is -0.310 e. The van der Waals surface area contributed by atoms with E-state index in [1.165, 1.54) is 93.9 Å². The highest BCUT2D eigenvalue weighted by Gasteiger charge is 2.46. The summed E-state index contributed by atoms with van der Waals surface area (Å²) in [6.45, 7) is 2.21. The molecule has 1 aliphatic rings. The third-order valence-corrected chi connectivity index (χ3v) is 13.7. The molecule has 0 aromatic heterocycles. The molecule has 0 bridgehead atoms. The number of rotatable bonds is 8. The first-order valence-electron chi connectivity index (χ1n) is 22.6. The van der Waals surface area contributed by atoms with Crippen LogP contribution >= 0.6 is 0 Å². The van der Waals surface area contributed by atoms with Crippen LogP contribution in [0.2, 0.25) is 0 Å². The normalized spacial score (nSPS) is 12.5. The van der Waals surface area contributed by atoms with Crippen LogP contribution in [0.1, 0.15) is 27.8 Å². The molecule has 0 N–H and O–H groups in total. The summed E-state index contributed by atoms with van der Waals surface area (Å²) in [6.07, 6.45) is 0. The lowest BCUT2D eigenvalue weighted by molar-refractivity contribution is 0.769. The predicted molar refractivity (Wildman–Crippen MR) is 274 cm³/mol. The van der Waals surface area contributed by atoms with Crippen molar-refractivity contribution < 1.29 is 0 Å². The second-order valence-electron chi connectivity index (χ2n) is 17.2. The quantitative estimate of drug-likeness (QED) is 0.147. The molecule has 0 saturated heterocycles. The molecule has 1 aliphatic carbocycles. The van der Waals surface area contributed by atoms with Crippen LogP contribution in [0.3, 0.4) is 0 Å². The molecule has 0 unspecified atom stereocenters. The van der Waals surface area contributed by atoms with Gasteiger partial charge in [-0.1, -0.05) is 218 Å². The van der Waals surface area contributed by atoms with Crippen molar-refractivity contribution in [3.8, 4) is 44.5 Å². The van der Waals surface area contributed by atoms with Crippen LogP contribution in [-0.2, 0) is 5.41 Å². The lowest BCUT2D eigenvalue weighted by Gasteiger charge is -2.34. The molecule has 0 atom stereocenters. The fourth-order valence-corrected chi connectivity index (χ4v) is 10.7. The molecule has 12 rings (SSSR count). The van der Waals surface area contributed by atoms with Crippen molar-refractivity contribution in [1.82, 2.24) is 0 Å². The number of anilines is 3. The minimum absolute atomic E-state index is 0.457. The van der Waals surface area contributed by atoms with Crippen LogP contribution in [0, 0.1) is 6.92 Å². The Bertz CT molecular complexity index is 3490. The van der Waals surface area contributed by atoms with E-state index in [1.807, 2.05) is 0 Å². The van der Waals surface area contributed by atoms with E-state index in [0.717, 1.165) is 17.1 Å². The summed E-state index contributed by atoms with van der Waals surface area (Å²) in [4.78, 5) is 2.45. The van der Waals surface area contributed by atoms with E-state index in [1.54, 1.807) is 0 Å². The standard InChI is InChI=1S/C64H45N/c1-44-18-15-21-47-36-40-53(43-59(44)47)65(62-33-14-12-29-57(62)58-31-17-23-48-22-16-30-54(63(48)58)46-19-5-2-6-20-46)52-38-34-45(35-39-52)49-37-41-56-55-28-11-13-32-60(55)64(61(56)42-49,50-24-7-3-8-25-50)51-26-9-4-10-27-51/h2-43H,1H3. The van der Waals surface area contributed by atoms with Gasteiger partial charge in [-0.05, 0) is 132 Å². The third-order valence-electron chi connectivity index (χ3n) is 13.7. The van der Waals surface area contributed by atoms with Crippen molar-refractivity contribution >= 4 is 38.6 Å². The predicted octanol–water partition coefficient (Wildman–Crippen LogP) is 17.1. The van der Waals surface area contributed by atoms with Gasteiger partial charge in [0.25, 0.3) is 0 Å². The van der Waals surface area contributed by atoms with Gasteiger partial charge in [-0.2, -0.15) is 0 Å². The van der Waals surface area contributed by atoms with Crippen LogP contribution in [-0.4, -0.2) is 0 Å². The number of para-hydroxylation sites is 1. The van der Waals surface area contributed by atoms with Crippen molar-refractivity contribution in [3.63, 3.8) is 0 Å². The average molecular weight is 828 g/mol. The van der Waals surface area contributed by atoms with Gasteiger partial charge in [0.05, 0.1) is 11.1 Å². The number of hydrogen-bond acceptors (Lipinski definition) is 1. The number of fused-ring (bicyclic) bond motifs is 5. The van der Waals surface area contributed by atoms with Gasteiger partial charge < -0.3 is 4.90 Å². The van der Waals surface area contributed by atoms with Gasteiger partial charge in [0.1, 0.15) is 0 Å². The van der Waals surface area contributed by atoms with E-state index >= 15 is 0 Å². The monoisotopic (exact) mass is 827 g/mol. The topological polar surface area (TPSA) is 3.24 Å². The zero-order valence-corrected chi connectivity index (χ0v) is 36.2. The summed E-state index contributed by atoms with van der Waals surface area (Å²) in [5, 5.41) is 4.95. The first kappa shape index (κ1) is 38.4. The van der Waals surface area contributed by atoms with Crippen molar-refractivity contribution in [1.29, 1.82) is 0 Å². The van der Waals surface area contributed by atoms with E-state index in [-0.39, 0.29) is 0 Å². The molecule has 0 aliphatic heterocycles. The molecule has 1 nitrogen and oxygen atoms in total. The van der Waals surface area contributed by atoms with Gasteiger partial charge in [0.2, 0.25) is 0 Å². The van der Waals surface area contributed by atoms with Crippen molar-refractivity contribution in [2.45, 2.75) is 12.3 Å². The smallest absolute Gasteiger partial charge is 0.0713 e. The highest BCUT2D eigenvalue weighted by atomic mass is 15.1. The fraction of sp³-hybridized carbons (Fsp3) is 0.0312. The maximum Gasteiger partial charge on any atom is 0.0713 e. The van der Waals surface area contributed by atoms with E-state index in [2.05, 4.69) is 267 Å². The van der Waals surface area contributed by atoms with Crippen LogP contribution in [0.25, 0.3) is 66.1 Å². The van der Waals surface area contributed by atoms with Crippen LogP contribution in [0.15, 0.2) is 255 Å². The van der Waals surface area contributed by atoms with Crippen molar-refractivity contribution in [2.24, 2.45) is 0 Å². The van der Waals surface area contributed by atoms with Gasteiger partial charge in [0.15, 0.2) is 0 Å². The molecule has 0 amide bonds. The van der Waals surface area contributed by atoms with E-state index < -0.39 is 5.41 Å². The van der Waals surface area contributed by atoms with Gasteiger partial charge >= 0.3 is 0 Å². The summed E-state index contributed by atoms with van der Waals surface area (Å²) in [6, 6.07) is 93.9. The van der Waals surface area contributed by atoms with E-state index in [0.29, 0.717) is 0 Å². The first-order chi connectivity index (χ1) is 32.2. The maximum absolute atomic E-state index is 2.45. The first-order valence-corrected chi connectivity index (χ1v) is 22.6.